The Balaban J connectivity index is 0.000000245. The van der Waals surface area contributed by atoms with Gasteiger partial charge in [0.05, 0.1) is 0 Å². The molecule has 0 aliphatic carbocycles. The van der Waals surface area contributed by atoms with Crippen molar-refractivity contribution in [2.24, 2.45) is 0 Å². The molecular weight excluding hydrogens is 192 g/mol. The van der Waals surface area contributed by atoms with Crippen molar-refractivity contribution in [2.45, 2.75) is 0 Å². The Labute approximate surface area is 88.1 Å². The Morgan fingerprint density at radius 2 is 1.13 bits per heavy atom. The number of pyridine rings is 2. The van der Waals surface area contributed by atoms with Gasteiger partial charge in [0, 0.05) is 12.4 Å². The van der Waals surface area contributed by atoms with Gasteiger partial charge in [0.1, 0.15) is 11.6 Å². The molecule has 80 valence electrons. The van der Waals surface area contributed by atoms with Crippen LogP contribution in [0, 0.1) is 0 Å². The van der Waals surface area contributed by atoms with Gasteiger partial charge in [-0.05, 0) is 24.3 Å². The molecule has 2 aromatic rings. The van der Waals surface area contributed by atoms with Crippen LogP contribution in [0.4, 0.5) is 11.6 Å². The molecule has 0 bridgehead atoms. The van der Waals surface area contributed by atoms with Crippen LogP contribution in [0.3, 0.4) is 0 Å². The predicted molar refractivity (Wildman–Crippen MR) is 60.9 cm³/mol. The maximum absolute atomic E-state index is 5.25. The molecule has 0 unspecified atom stereocenters. The van der Waals surface area contributed by atoms with Gasteiger partial charge in [-0.25, -0.2) is 9.97 Å². The normalized spacial score (nSPS) is 8.00. The number of nitrogen functional groups attached to an aromatic ring is 2. The molecular formula is C10H14N4O. The average molecular weight is 206 g/mol. The van der Waals surface area contributed by atoms with Crippen molar-refractivity contribution in [2.75, 3.05) is 11.5 Å². The molecule has 0 fully saturated rings. The minimum atomic E-state index is 0. The fraction of sp³-hybridized carbons (Fsp3) is 0. The van der Waals surface area contributed by atoms with Gasteiger partial charge in [-0.1, -0.05) is 12.1 Å². The number of nitrogens with two attached hydrogens (primary N) is 2. The number of anilines is 2. The van der Waals surface area contributed by atoms with Crippen molar-refractivity contribution in [3.63, 3.8) is 0 Å². The zero-order valence-electron chi connectivity index (χ0n) is 8.17. The summed E-state index contributed by atoms with van der Waals surface area (Å²) in [6.07, 6.45) is 3.32. The first-order chi connectivity index (χ1) is 6.79. The standard InChI is InChI=1S/2C5H6N2.H2O/c2*6-5-3-1-2-4-7-5;/h2*1-4H,(H2,6,7);1H2. The molecule has 15 heavy (non-hydrogen) atoms. The zero-order chi connectivity index (χ0) is 10.2. The fourth-order valence-corrected chi connectivity index (χ4v) is 0.752. The van der Waals surface area contributed by atoms with E-state index in [1.54, 1.807) is 24.5 Å². The largest absolute Gasteiger partial charge is 0.412 e. The minimum absolute atomic E-state index is 0. The summed E-state index contributed by atoms with van der Waals surface area (Å²) in [5.41, 5.74) is 10.5. The number of rotatable bonds is 0. The lowest BCUT2D eigenvalue weighted by Crippen LogP contribution is -1.85. The van der Waals surface area contributed by atoms with Gasteiger partial charge < -0.3 is 16.9 Å². The van der Waals surface area contributed by atoms with Crippen LogP contribution in [-0.4, -0.2) is 15.4 Å². The Morgan fingerprint density at radius 1 is 0.733 bits per heavy atom. The van der Waals surface area contributed by atoms with E-state index in [9.17, 15) is 0 Å². The molecule has 5 heteroatoms. The summed E-state index contributed by atoms with van der Waals surface area (Å²) in [4.78, 5) is 7.51. The van der Waals surface area contributed by atoms with E-state index in [0.29, 0.717) is 11.6 Å². The van der Waals surface area contributed by atoms with Crippen molar-refractivity contribution in [3.8, 4) is 0 Å². The molecule has 0 radical (unpaired) electrons. The molecule has 0 aliphatic heterocycles. The maximum Gasteiger partial charge on any atom is 0.123 e. The summed E-state index contributed by atoms with van der Waals surface area (Å²) in [7, 11) is 0. The Hall–Kier alpha value is -2.14. The number of nitrogens with zero attached hydrogens (tertiary/aromatic N) is 2. The highest BCUT2D eigenvalue weighted by molar-refractivity contribution is 5.25. The van der Waals surface area contributed by atoms with Crippen LogP contribution >= 0.6 is 0 Å². The predicted octanol–water partition coefficient (Wildman–Crippen LogP) is 0.503. The van der Waals surface area contributed by atoms with Gasteiger partial charge in [-0.2, -0.15) is 0 Å². The van der Waals surface area contributed by atoms with Crippen molar-refractivity contribution in [1.29, 1.82) is 0 Å². The first-order valence-electron chi connectivity index (χ1n) is 4.12. The Morgan fingerprint density at radius 3 is 1.27 bits per heavy atom. The second kappa shape index (κ2) is 7.28. The van der Waals surface area contributed by atoms with E-state index in [4.69, 9.17) is 11.5 Å². The molecule has 0 aromatic carbocycles. The molecule has 2 rings (SSSR count). The lowest BCUT2D eigenvalue weighted by molar-refractivity contribution is 0.824. The van der Waals surface area contributed by atoms with E-state index in [1.807, 2.05) is 24.3 Å². The molecule has 5 nitrogen and oxygen atoms in total. The van der Waals surface area contributed by atoms with E-state index < -0.39 is 0 Å². The van der Waals surface area contributed by atoms with E-state index in [1.165, 1.54) is 0 Å². The average Bonchev–Trinajstić information content (AvgIpc) is 2.21. The summed E-state index contributed by atoms with van der Waals surface area (Å²) in [6, 6.07) is 10.9. The van der Waals surface area contributed by atoms with Gasteiger partial charge in [0.25, 0.3) is 0 Å². The smallest absolute Gasteiger partial charge is 0.123 e. The summed E-state index contributed by atoms with van der Waals surface area (Å²) in [5, 5.41) is 0. The monoisotopic (exact) mass is 206 g/mol. The van der Waals surface area contributed by atoms with Crippen LogP contribution < -0.4 is 11.5 Å². The quantitative estimate of drug-likeness (QED) is 0.654. The Kier molecular flexibility index (Phi) is 6.24. The minimum Gasteiger partial charge on any atom is -0.412 e. The van der Waals surface area contributed by atoms with Gasteiger partial charge in [0.2, 0.25) is 0 Å². The van der Waals surface area contributed by atoms with Gasteiger partial charge in [-0.15, -0.1) is 0 Å². The van der Waals surface area contributed by atoms with Crippen LogP contribution in [0.15, 0.2) is 48.8 Å². The van der Waals surface area contributed by atoms with Crippen molar-refractivity contribution >= 4 is 11.6 Å². The second-order valence-corrected chi connectivity index (χ2v) is 2.51. The van der Waals surface area contributed by atoms with Crippen molar-refractivity contribution < 1.29 is 5.48 Å². The molecule has 0 amide bonds. The molecule has 0 saturated carbocycles. The topological polar surface area (TPSA) is 109 Å². The van der Waals surface area contributed by atoms with Crippen LogP contribution in [-0.2, 0) is 0 Å². The number of aromatic nitrogens is 2. The van der Waals surface area contributed by atoms with Crippen LogP contribution in [0.1, 0.15) is 0 Å². The summed E-state index contributed by atoms with van der Waals surface area (Å²) < 4.78 is 0. The van der Waals surface area contributed by atoms with Gasteiger partial charge in [0.15, 0.2) is 0 Å². The second-order valence-electron chi connectivity index (χ2n) is 2.51. The molecule has 0 atom stereocenters. The maximum atomic E-state index is 5.25. The molecule has 2 heterocycles. The van der Waals surface area contributed by atoms with E-state index >= 15 is 0 Å². The molecule has 2 aromatic heterocycles. The molecule has 0 spiro atoms. The highest BCUT2D eigenvalue weighted by Gasteiger charge is 1.74. The highest BCUT2D eigenvalue weighted by atomic mass is 16.0. The lowest BCUT2D eigenvalue weighted by atomic mass is 10.5. The number of hydrogen-bond donors (Lipinski definition) is 2. The highest BCUT2D eigenvalue weighted by Crippen LogP contribution is 1.90. The van der Waals surface area contributed by atoms with Crippen LogP contribution in [0.5, 0.6) is 0 Å². The first-order valence-corrected chi connectivity index (χ1v) is 4.12. The van der Waals surface area contributed by atoms with Crippen LogP contribution in [0.25, 0.3) is 0 Å². The first kappa shape index (κ1) is 12.9. The SMILES string of the molecule is Nc1ccccn1.Nc1ccccn1.O. The summed E-state index contributed by atoms with van der Waals surface area (Å²) >= 11 is 0. The zero-order valence-corrected chi connectivity index (χ0v) is 8.17. The molecule has 0 saturated heterocycles. The third kappa shape index (κ3) is 6.00. The summed E-state index contributed by atoms with van der Waals surface area (Å²) in [5.74, 6) is 1.14. The third-order valence-electron chi connectivity index (χ3n) is 1.38. The molecule has 6 N–H and O–H groups in total. The number of hydrogen-bond acceptors (Lipinski definition) is 4. The fourth-order valence-electron chi connectivity index (χ4n) is 0.752. The van der Waals surface area contributed by atoms with Crippen LogP contribution in [0.2, 0.25) is 0 Å². The van der Waals surface area contributed by atoms with Crippen molar-refractivity contribution in [3.05, 3.63) is 48.8 Å². The lowest BCUT2D eigenvalue weighted by Gasteiger charge is -1.82. The van der Waals surface area contributed by atoms with Gasteiger partial charge in [-0.3, -0.25) is 0 Å². The van der Waals surface area contributed by atoms with E-state index in [-0.39, 0.29) is 5.48 Å². The van der Waals surface area contributed by atoms with Gasteiger partial charge >= 0.3 is 0 Å². The Bertz CT molecular complexity index is 315. The third-order valence-corrected chi connectivity index (χ3v) is 1.38. The summed E-state index contributed by atoms with van der Waals surface area (Å²) in [6.45, 7) is 0. The van der Waals surface area contributed by atoms with E-state index in [2.05, 4.69) is 9.97 Å². The van der Waals surface area contributed by atoms with E-state index in [0.717, 1.165) is 0 Å². The van der Waals surface area contributed by atoms with Crippen molar-refractivity contribution in [1.82, 2.24) is 9.97 Å². The molecule has 0 aliphatic rings.